The molecule has 5 N–H and O–H groups in total. The molecule has 0 aromatic heterocycles. The second-order valence-electron chi connectivity index (χ2n) is 11.7. The van der Waals surface area contributed by atoms with Crippen LogP contribution in [0.4, 0.5) is 0 Å². The van der Waals surface area contributed by atoms with Crippen molar-refractivity contribution in [3.63, 3.8) is 0 Å². The molecule has 42 heavy (non-hydrogen) atoms. The molecule has 0 aromatic rings. The molecule has 0 aliphatic rings. The Hall–Kier alpha value is -2.33. The van der Waals surface area contributed by atoms with Crippen molar-refractivity contribution in [3.05, 3.63) is 34.9 Å². The van der Waals surface area contributed by atoms with E-state index in [9.17, 15) is 34.8 Å². The van der Waals surface area contributed by atoms with Gasteiger partial charge in [-0.3, -0.25) is 4.79 Å². The number of hydrogen-bond acceptors (Lipinski definition) is 8. The quantitative estimate of drug-likeness (QED) is 0.0506. The van der Waals surface area contributed by atoms with Gasteiger partial charge in [-0.2, -0.15) is 0 Å². The van der Waals surface area contributed by atoms with E-state index in [1.54, 1.807) is 19.9 Å². The molecule has 0 fully saturated rings. The summed E-state index contributed by atoms with van der Waals surface area (Å²) < 4.78 is 4.95. The van der Waals surface area contributed by atoms with E-state index in [2.05, 4.69) is 13.8 Å². The maximum atomic E-state index is 12.9. The first kappa shape index (κ1) is 39.7. The Kier molecular flexibility index (Phi) is 20.2. The maximum Gasteiger partial charge on any atom is 0.335 e. The Balaban J connectivity index is 5.02. The number of hydrogen-bond donors (Lipinski definition) is 5. The van der Waals surface area contributed by atoms with Gasteiger partial charge in [-0.05, 0) is 38.7 Å². The van der Waals surface area contributed by atoms with Crippen molar-refractivity contribution in [3.8, 4) is 0 Å². The smallest absolute Gasteiger partial charge is 0.335 e. The molecule has 0 saturated heterocycles. The van der Waals surface area contributed by atoms with Gasteiger partial charge in [0, 0.05) is 17.4 Å². The predicted octanol–water partition coefficient (Wildman–Crippen LogP) is 4.90. The lowest BCUT2D eigenvalue weighted by Crippen LogP contribution is -2.46. The molecule has 0 spiro atoms. The van der Waals surface area contributed by atoms with Gasteiger partial charge < -0.3 is 30.3 Å². The summed E-state index contributed by atoms with van der Waals surface area (Å²) in [4.78, 5) is 36.2. The minimum atomic E-state index is -2.24. The topological polar surface area (TPSA) is 162 Å². The van der Waals surface area contributed by atoms with Crippen LogP contribution in [0.15, 0.2) is 34.9 Å². The summed E-state index contributed by atoms with van der Waals surface area (Å²) in [6.07, 6.45) is 9.68. The first-order valence-electron chi connectivity index (χ1n) is 15.4. The third-order valence-corrected chi connectivity index (χ3v) is 7.62. The maximum absolute atomic E-state index is 12.9. The summed E-state index contributed by atoms with van der Waals surface area (Å²) in [5, 5.41) is 48.3. The second kappa shape index (κ2) is 21.4. The molecular formula is C33H56O9. The van der Waals surface area contributed by atoms with Crippen molar-refractivity contribution in [2.75, 3.05) is 6.61 Å². The number of carboxylic acid groups (broad SMARTS) is 1. The van der Waals surface area contributed by atoms with E-state index in [-0.39, 0.29) is 23.2 Å². The van der Waals surface area contributed by atoms with E-state index in [0.29, 0.717) is 5.57 Å². The molecule has 0 heterocycles. The first-order valence-corrected chi connectivity index (χ1v) is 15.4. The minimum Gasteiger partial charge on any atom is -0.479 e. The first-order chi connectivity index (χ1) is 19.7. The molecule has 0 aromatic carbocycles. The van der Waals surface area contributed by atoms with Crippen LogP contribution in [0.1, 0.15) is 106 Å². The van der Waals surface area contributed by atoms with Crippen LogP contribution in [0.25, 0.3) is 0 Å². The van der Waals surface area contributed by atoms with Gasteiger partial charge in [-0.1, -0.05) is 103 Å². The normalized spacial score (nSPS) is 18.0. The highest BCUT2D eigenvalue weighted by Gasteiger charge is 2.34. The van der Waals surface area contributed by atoms with Crippen molar-refractivity contribution in [1.29, 1.82) is 0 Å². The number of allylic oxidation sites excluding steroid dienone is 4. The fourth-order valence-corrected chi connectivity index (χ4v) is 4.94. The lowest BCUT2D eigenvalue weighted by Gasteiger charge is -2.23. The lowest BCUT2D eigenvalue weighted by molar-refractivity contribution is -0.171. The number of carboxylic acids is 1. The largest absolute Gasteiger partial charge is 0.479 e. The molecule has 0 rings (SSSR count). The number of aliphatic carboxylic acids is 1. The highest BCUT2D eigenvalue weighted by molar-refractivity contribution is 5.99. The van der Waals surface area contributed by atoms with Gasteiger partial charge in [0.05, 0.1) is 12.7 Å². The summed E-state index contributed by atoms with van der Waals surface area (Å²) in [7, 11) is 0. The standard InChI is InChI=1S/C33H56O9/c1-8-9-10-11-12-13-14-15-16-22(3)28(35)23(4)17-21(2)18-24(5)29(36)25(6)19-26(7)33(41)42-27(20-34)30(37)31(38)32(39)40/h17-19,22-23,25,27-28,30-31,34-35,37-38H,8-16,20H2,1-7H3,(H,39,40)/b21-17+,24-18+,26-19+. The average Bonchev–Trinajstić information content (AvgIpc) is 2.94. The zero-order valence-corrected chi connectivity index (χ0v) is 26.7. The minimum absolute atomic E-state index is 0.0219. The number of rotatable bonds is 22. The molecule has 7 atom stereocenters. The number of aliphatic hydroxyl groups is 4. The van der Waals surface area contributed by atoms with Gasteiger partial charge in [0.1, 0.15) is 6.10 Å². The summed E-state index contributed by atoms with van der Waals surface area (Å²) in [6.45, 7) is 11.9. The van der Waals surface area contributed by atoms with Gasteiger partial charge in [0.15, 0.2) is 18.0 Å². The number of esters is 1. The Labute approximate surface area is 252 Å². The number of carbonyl (C=O) groups excluding carboxylic acids is 2. The monoisotopic (exact) mass is 596 g/mol. The Morgan fingerprint density at radius 2 is 1.33 bits per heavy atom. The summed E-state index contributed by atoms with van der Waals surface area (Å²) in [5.41, 5.74) is 1.33. The summed E-state index contributed by atoms with van der Waals surface area (Å²) >= 11 is 0. The molecule has 9 nitrogen and oxygen atoms in total. The third kappa shape index (κ3) is 15.2. The van der Waals surface area contributed by atoms with Crippen molar-refractivity contribution in [2.24, 2.45) is 17.8 Å². The third-order valence-electron chi connectivity index (χ3n) is 7.62. The van der Waals surface area contributed by atoms with Crippen molar-refractivity contribution in [1.82, 2.24) is 0 Å². The number of carbonyl (C=O) groups is 3. The van der Waals surface area contributed by atoms with Gasteiger partial charge >= 0.3 is 11.9 Å². The van der Waals surface area contributed by atoms with E-state index >= 15 is 0 Å². The Morgan fingerprint density at radius 3 is 1.86 bits per heavy atom. The van der Waals surface area contributed by atoms with E-state index in [4.69, 9.17) is 9.84 Å². The average molecular weight is 597 g/mol. The second-order valence-corrected chi connectivity index (χ2v) is 11.7. The number of aliphatic hydroxyl groups excluding tert-OH is 4. The number of ether oxygens (including phenoxy) is 1. The van der Waals surface area contributed by atoms with Crippen molar-refractivity contribution in [2.45, 2.75) is 131 Å². The molecule has 0 aliphatic heterocycles. The zero-order chi connectivity index (χ0) is 32.4. The van der Waals surface area contributed by atoms with Gasteiger partial charge in [-0.15, -0.1) is 0 Å². The van der Waals surface area contributed by atoms with Crippen LogP contribution in [0.5, 0.6) is 0 Å². The van der Waals surface area contributed by atoms with Crippen LogP contribution in [0, 0.1) is 17.8 Å². The molecular weight excluding hydrogens is 540 g/mol. The van der Waals surface area contributed by atoms with Crippen LogP contribution in [0.2, 0.25) is 0 Å². The van der Waals surface area contributed by atoms with E-state index < -0.39 is 48.9 Å². The molecule has 0 bridgehead atoms. The van der Waals surface area contributed by atoms with E-state index in [1.165, 1.54) is 57.9 Å². The van der Waals surface area contributed by atoms with Crippen LogP contribution >= 0.6 is 0 Å². The van der Waals surface area contributed by atoms with E-state index in [1.807, 2.05) is 19.9 Å². The molecule has 0 radical (unpaired) electrons. The van der Waals surface area contributed by atoms with Crippen molar-refractivity contribution < 1.29 is 44.7 Å². The fraction of sp³-hybridized carbons (Fsp3) is 0.727. The van der Waals surface area contributed by atoms with E-state index in [0.717, 1.165) is 18.4 Å². The number of Topliss-reactive ketones (excluding diaryl/α,β-unsaturated/α-hetero) is 1. The van der Waals surface area contributed by atoms with Crippen LogP contribution in [0.3, 0.4) is 0 Å². The highest BCUT2D eigenvalue weighted by Crippen LogP contribution is 2.23. The molecule has 0 amide bonds. The number of unbranched alkanes of at least 4 members (excludes halogenated alkanes) is 7. The lowest BCUT2D eigenvalue weighted by atomic mass is 9.88. The summed E-state index contributed by atoms with van der Waals surface area (Å²) in [6, 6.07) is 0. The molecule has 0 aliphatic carbocycles. The molecule has 7 unspecified atom stereocenters. The zero-order valence-electron chi connectivity index (χ0n) is 26.7. The molecule has 0 saturated carbocycles. The van der Waals surface area contributed by atoms with Gasteiger partial charge in [-0.25, -0.2) is 9.59 Å². The highest BCUT2D eigenvalue weighted by atomic mass is 16.6. The van der Waals surface area contributed by atoms with Gasteiger partial charge in [0.2, 0.25) is 0 Å². The van der Waals surface area contributed by atoms with Crippen LogP contribution in [-0.4, -0.2) is 74.3 Å². The summed E-state index contributed by atoms with van der Waals surface area (Å²) in [5.74, 6) is -3.54. The fourth-order valence-electron chi connectivity index (χ4n) is 4.94. The predicted molar refractivity (Wildman–Crippen MR) is 164 cm³/mol. The van der Waals surface area contributed by atoms with Crippen LogP contribution in [-0.2, 0) is 19.1 Å². The molecule has 9 heteroatoms. The Bertz CT molecular complexity index is 920. The van der Waals surface area contributed by atoms with Gasteiger partial charge in [0.25, 0.3) is 0 Å². The number of ketones is 1. The van der Waals surface area contributed by atoms with Crippen LogP contribution < -0.4 is 0 Å². The van der Waals surface area contributed by atoms with Crippen molar-refractivity contribution >= 4 is 17.7 Å². The molecule has 242 valence electrons. The SMILES string of the molecule is CCCCCCCCCCC(C)C(O)C(C)/C=C(C)/C=C(\C)C(=O)C(C)/C=C(\C)C(=O)OC(CO)C(O)C(O)C(=O)O. The Morgan fingerprint density at radius 1 is 0.786 bits per heavy atom.